The van der Waals surface area contributed by atoms with Crippen LogP contribution in [0.5, 0.6) is 0 Å². The lowest BCUT2D eigenvalue weighted by atomic mass is 9.94. The Bertz CT molecular complexity index is 313. The van der Waals surface area contributed by atoms with Crippen molar-refractivity contribution in [2.75, 3.05) is 18.0 Å². The van der Waals surface area contributed by atoms with Crippen molar-refractivity contribution in [2.45, 2.75) is 19.4 Å². The summed E-state index contributed by atoms with van der Waals surface area (Å²) in [5, 5.41) is 0. The van der Waals surface area contributed by atoms with Crippen LogP contribution in [0, 0.1) is 6.92 Å². The number of hydrogen-bond donors (Lipinski definition) is 1. The zero-order valence-electron chi connectivity index (χ0n) is 7.99. The number of aryl methyl sites for hydroxylation is 1. The molecule has 0 radical (unpaired) electrons. The Morgan fingerprint density at radius 3 is 2.54 bits per heavy atom. The molecule has 0 atom stereocenters. The number of hydrogen-bond acceptors (Lipinski definition) is 4. The summed E-state index contributed by atoms with van der Waals surface area (Å²) in [6, 6.07) is 0. The van der Waals surface area contributed by atoms with Crippen LogP contribution in [0.3, 0.4) is 0 Å². The standard InChI is InChI=1S/C9H14N4/c1-7-8(12-4-3-11-7)13-5-9(2,10)6-13/h3-4H,5-6,10H2,1-2H3. The maximum absolute atomic E-state index is 5.91. The van der Waals surface area contributed by atoms with Crippen LogP contribution >= 0.6 is 0 Å². The van der Waals surface area contributed by atoms with Gasteiger partial charge in [-0.1, -0.05) is 0 Å². The van der Waals surface area contributed by atoms with Crippen LogP contribution in [-0.4, -0.2) is 28.6 Å². The second kappa shape index (κ2) is 2.67. The summed E-state index contributed by atoms with van der Waals surface area (Å²) in [5.41, 5.74) is 6.83. The fourth-order valence-corrected chi connectivity index (χ4v) is 1.69. The monoisotopic (exact) mass is 178 g/mol. The molecule has 0 amide bonds. The van der Waals surface area contributed by atoms with Crippen LogP contribution in [-0.2, 0) is 0 Å². The lowest BCUT2D eigenvalue weighted by molar-refractivity contribution is 0.362. The lowest BCUT2D eigenvalue weighted by Crippen LogP contribution is -2.66. The van der Waals surface area contributed by atoms with Gasteiger partial charge in [0.2, 0.25) is 0 Å². The fraction of sp³-hybridized carbons (Fsp3) is 0.556. The van der Waals surface area contributed by atoms with Crippen molar-refractivity contribution in [1.82, 2.24) is 9.97 Å². The van der Waals surface area contributed by atoms with Crippen molar-refractivity contribution in [2.24, 2.45) is 5.73 Å². The first-order chi connectivity index (χ1) is 6.08. The third-order valence-electron chi connectivity index (χ3n) is 2.26. The van der Waals surface area contributed by atoms with E-state index in [9.17, 15) is 0 Å². The Morgan fingerprint density at radius 1 is 1.38 bits per heavy atom. The highest BCUT2D eigenvalue weighted by Crippen LogP contribution is 2.24. The van der Waals surface area contributed by atoms with E-state index in [1.54, 1.807) is 12.4 Å². The van der Waals surface area contributed by atoms with Crippen LogP contribution in [0.15, 0.2) is 12.4 Å². The molecular weight excluding hydrogens is 164 g/mol. The largest absolute Gasteiger partial charge is 0.351 e. The quantitative estimate of drug-likeness (QED) is 0.673. The van der Waals surface area contributed by atoms with Gasteiger partial charge in [0.25, 0.3) is 0 Å². The molecule has 1 aromatic heterocycles. The van der Waals surface area contributed by atoms with E-state index in [1.807, 2.05) is 6.92 Å². The van der Waals surface area contributed by atoms with E-state index in [1.165, 1.54) is 0 Å². The summed E-state index contributed by atoms with van der Waals surface area (Å²) in [6.45, 7) is 5.75. The predicted molar refractivity (Wildman–Crippen MR) is 51.6 cm³/mol. The van der Waals surface area contributed by atoms with Crippen LogP contribution in [0.25, 0.3) is 0 Å². The van der Waals surface area contributed by atoms with E-state index < -0.39 is 0 Å². The van der Waals surface area contributed by atoms with E-state index in [-0.39, 0.29) is 5.54 Å². The molecule has 1 fully saturated rings. The molecule has 4 heteroatoms. The van der Waals surface area contributed by atoms with Crippen molar-refractivity contribution < 1.29 is 0 Å². The smallest absolute Gasteiger partial charge is 0.150 e. The van der Waals surface area contributed by atoms with E-state index in [0.717, 1.165) is 24.6 Å². The highest BCUT2D eigenvalue weighted by molar-refractivity contribution is 5.47. The number of aromatic nitrogens is 2. The average molecular weight is 178 g/mol. The Balaban J connectivity index is 2.16. The van der Waals surface area contributed by atoms with Gasteiger partial charge in [0.1, 0.15) is 5.82 Å². The SMILES string of the molecule is Cc1nccnc1N1CC(C)(N)C1. The average Bonchev–Trinajstić information content (AvgIpc) is 2.01. The molecule has 2 N–H and O–H groups in total. The first-order valence-electron chi connectivity index (χ1n) is 4.40. The highest BCUT2D eigenvalue weighted by Gasteiger charge is 2.36. The van der Waals surface area contributed by atoms with Gasteiger partial charge in [0.15, 0.2) is 0 Å². The van der Waals surface area contributed by atoms with E-state index in [2.05, 4.69) is 21.8 Å². The third-order valence-corrected chi connectivity index (χ3v) is 2.26. The number of rotatable bonds is 1. The first kappa shape index (κ1) is 8.44. The molecular formula is C9H14N4. The summed E-state index contributed by atoms with van der Waals surface area (Å²) >= 11 is 0. The van der Waals surface area contributed by atoms with Crippen molar-refractivity contribution in [3.63, 3.8) is 0 Å². The zero-order chi connectivity index (χ0) is 9.47. The third kappa shape index (κ3) is 1.49. The van der Waals surface area contributed by atoms with E-state index in [4.69, 9.17) is 5.73 Å². The fourth-order valence-electron chi connectivity index (χ4n) is 1.69. The second-order valence-corrected chi connectivity index (χ2v) is 3.98. The van der Waals surface area contributed by atoms with E-state index in [0.29, 0.717) is 0 Å². The minimum atomic E-state index is -0.0516. The number of nitrogens with zero attached hydrogens (tertiary/aromatic N) is 3. The Hall–Kier alpha value is -1.16. The minimum absolute atomic E-state index is 0.0516. The molecule has 4 nitrogen and oxygen atoms in total. The van der Waals surface area contributed by atoms with Crippen LogP contribution in [0.4, 0.5) is 5.82 Å². The highest BCUT2D eigenvalue weighted by atomic mass is 15.3. The van der Waals surface area contributed by atoms with Crippen molar-refractivity contribution in [3.05, 3.63) is 18.1 Å². The van der Waals surface area contributed by atoms with Gasteiger partial charge in [-0.25, -0.2) is 4.98 Å². The van der Waals surface area contributed by atoms with Gasteiger partial charge in [0.05, 0.1) is 5.69 Å². The summed E-state index contributed by atoms with van der Waals surface area (Å²) in [6.07, 6.45) is 3.43. The molecule has 0 spiro atoms. The molecule has 2 heterocycles. The van der Waals surface area contributed by atoms with Gasteiger partial charge >= 0.3 is 0 Å². The van der Waals surface area contributed by atoms with Gasteiger partial charge in [-0.2, -0.15) is 0 Å². The summed E-state index contributed by atoms with van der Waals surface area (Å²) in [4.78, 5) is 10.6. The minimum Gasteiger partial charge on any atom is -0.351 e. The van der Waals surface area contributed by atoms with Crippen molar-refractivity contribution in [3.8, 4) is 0 Å². The zero-order valence-corrected chi connectivity index (χ0v) is 7.99. The first-order valence-corrected chi connectivity index (χ1v) is 4.40. The van der Waals surface area contributed by atoms with E-state index >= 15 is 0 Å². The van der Waals surface area contributed by atoms with Crippen LogP contribution < -0.4 is 10.6 Å². The molecule has 1 aliphatic heterocycles. The molecule has 0 saturated carbocycles. The van der Waals surface area contributed by atoms with Gasteiger partial charge in [0, 0.05) is 31.0 Å². The van der Waals surface area contributed by atoms with Crippen LogP contribution in [0.2, 0.25) is 0 Å². The Kier molecular flexibility index (Phi) is 1.73. The maximum Gasteiger partial charge on any atom is 0.150 e. The van der Waals surface area contributed by atoms with Gasteiger partial charge < -0.3 is 10.6 Å². The summed E-state index contributed by atoms with van der Waals surface area (Å²) in [5.74, 6) is 0.963. The number of nitrogens with two attached hydrogens (primary N) is 1. The molecule has 0 aliphatic carbocycles. The normalized spacial score (nSPS) is 19.8. The molecule has 1 aromatic rings. The summed E-state index contributed by atoms with van der Waals surface area (Å²) < 4.78 is 0. The summed E-state index contributed by atoms with van der Waals surface area (Å²) in [7, 11) is 0. The molecule has 0 aromatic carbocycles. The van der Waals surface area contributed by atoms with Crippen molar-refractivity contribution in [1.29, 1.82) is 0 Å². The molecule has 1 aliphatic rings. The van der Waals surface area contributed by atoms with Gasteiger partial charge in [-0.15, -0.1) is 0 Å². The lowest BCUT2D eigenvalue weighted by Gasteiger charge is -2.46. The van der Waals surface area contributed by atoms with Crippen molar-refractivity contribution >= 4 is 5.82 Å². The van der Waals surface area contributed by atoms with Crippen LogP contribution in [0.1, 0.15) is 12.6 Å². The van der Waals surface area contributed by atoms with Gasteiger partial charge in [-0.3, -0.25) is 4.98 Å². The second-order valence-electron chi connectivity index (χ2n) is 3.98. The molecule has 70 valence electrons. The maximum atomic E-state index is 5.91. The number of anilines is 1. The molecule has 2 rings (SSSR count). The topological polar surface area (TPSA) is 55.0 Å². The molecule has 13 heavy (non-hydrogen) atoms. The molecule has 1 saturated heterocycles. The predicted octanol–water partition coefficient (Wildman–Crippen LogP) is 0.322. The molecule has 0 bridgehead atoms. The Labute approximate surface area is 77.8 Å². The molecule has 0 unspecified atom stereocenters. The van der Waals surface area contributed by atoms with Gasteiger partial charge in [-0.05, 0) is 13.8 Å². The Morgan fingerprint density at radius 2 is 2.00 bits per heavy atom.